The number of anilines is 2. The Bertz CT molecular complexity index is 1130. The van der Waals surface area contributed by atoms with Gasteiger partial charge in [0, 0.05) is 11.4 Å². The minimum atomic E-state index is -3.84. The van der Waals surface area contributed by atoms with Crippen molar-refractivity contribution in [3.63, 3.8) is 0 Å². The van der Waals surface area contributed by atoms with E-state index in [9.17, 15) is 17.6 Å². The third-order valence-electron chi connectivity index (χ3n) is 4.20. The highest BCUT2D eigenvalue weighted by atomic mass is 32.2. The Kier molecular flexibility index (Phi) is 6.37. The topological polar surface area (TPSA) is 84.5 Å². The van der Waals surface area contributed by atoms with E-state index >= 15 is 0 Å². The normalized spacial score (nSPS) is 12.1. The number of carbonyl (C=O) groups is 1. The molecule has 0 spiro atoms. The number of ether oxygens (including phenoxy) is 1. The number of carbonyl (C=O) groups excluding carboxylic acids is 1. The van der Waals surface area contributed by atoms with Crippen LogP contribution in [0.25, 0.3) is 0 Å². The van der Waals surface area contributed by atoms with E-state index in [2.05, 4.69) is 10.0 Å². The van der Waals surface area contributed by atoms with Crippen molar-refractivity contribution < 1.29 is 22.3 Å². The van der Waals surface area contributed by atoms with Crippen LogP contribution in [-0.4, -0.2) is 20.4 Å². The minimum absolute atomic E-state index is 0.00823. The molecule has 2 N–H and O–H groups in total. The highest BCUT2D eigenvalue weighted by Gasteiger charge is 2.17. The van der Waals surface area contributed by atoms with Crippen LogP contribution in [0.3, 0.4) is 0 Å². The Balaban J connectivity index is 1.63. The third-order valence-corrected chi connectivity index (χ3v) is 5.60. The molecular formula is C22H21FN2O4S. The van der Waals surface area contributed by atoms with Gasteiger partial charge in [0.05, 0.1) is 4.90 Å². The first kappa shape index (κ1) is 21.3. The summed E-state index contributed by atoms with van der Waals surface area (Å²) < 4.78 is 45.9. The summed E-state index contributed by atoms with van der Waals surface area (Å²) in [4.78, 5) is 12.4. The lowest BCUT2D eigenvalue weighted by Gasteiger charge is -2.15. The van der Waals surface area contributed by atoms with Crippen LogP contribution in [0.15, 0.2) is 77.7 Å². The molecule has 8 heteroatoms. The highest BCUT2D eigenvalue weighted by Crippen LogP contribution is 2.19. The predicted molar refractivity (Wildman–Crippen MR) is 114 cm³/mol. The van der Waals surface area contributed by atoms with Crippen molar-refractivity contribution in [2.24, 2.45) is 0 Å². The van der Waals surface area contributed by atoms with Gasteiger partial charge in [-0.15, -0.1) is 0 Å². The van der Waals surface area contributed by atoms with Gasteiger partial charge in [0.15, 0.2) is 6.10 Å². The molecule has 3 aromatic rings. The zero-order valence-corrected chi connectivity index (χ0v) is 17.2. The molecule has 30 heavy (non-hydrogen) atoms. The van der Waals surface area contributed by atoms with Gasteiger partial charge < -0.3 is 10.1 Å². The van der Waals surface area contributed by atoms with Crippen LogP contribution in [0.2, 0.25) is 0 Å². The summed E-state index contributed by atoms with van der Waals surface area (Å²) in [6.07, 6.45) is -0.740. The predicted octanol–water partition coefficient (Wildman–Crippen LogP) is 4.34. The van der Waals surface area contributed by atoms with Crippen molar-refractivity contribution >= 4 is 27.3 Å². The average molecular weight is 428 g/mol. The fourth-order valence-electron chi connectivity index (χ4n) is 2.64. The van der Waals surface area contributed by atoms with Crippen LogP contribution < -0.4 is 14.8 Å². The van der Waals surface area contributed by atoms with E-state index in [1.54, 1.807) is 13.0 Å². The van der Waals surface area contributed by atoms with Crippen molar-refractivity contribution in [2.45, 2.75) is 24.8 Å². The Morgan fingerprint density at radius 1 is 0.967 bits per heavy atom. The number of hydrogen-bond acceptors (Lipinski definition) is 4. The summed E-state index contributed by atoms with van der Waals surface area (Å²) in [5.41, 5.74) is 1.70. The first-order chi connectivity index (χ1) is 14.2. The quantitative estimate of drug-likeness (QED) is 0.586. The van der Waals surface area contributed by atoms with Crippen molar-refractivity contribution in [2.75, 3.05) is 10.0 Å². The molecule has 0 fully saturated rings. The van der Waals surface area contributed by atoms with Gasteiger partial charge in [-0.1, -0.05) is 12.1 Å². The lowest BCUT2D eigenvalue weighted by atomic mass is 10.2. The van der Waals surface area contributed by atoms with E-state index in [1.807, 2.05) is 25.1 Å². The SMILES string of the molecule is Cc1cccc(O[C@@H](C)C(=O)Nc2ccc(S(=O)(=O)Nc3ccc(F)cc3)cc2)c1. The average Bonchev–Trinajstić information content (AvgIpc) is 2.70. The molecule has 0 unspecified atom stereocenters. The molecule has 0 heterocycles. The monoisotopic (exact) mass is 428 g/mol. The molecule has 0 bridgehead atoms. The molecular weight excluding hydrogens is 407 g/mol. The second-order valence-electron chi connectivity index (χ2n) is 6.70. The van der Waals surface area contributed by atoms with Crippen LogP contribution in [0, 0.1) is 12.7 Å². The number of hydrogen-bond donors (Lipinski definition) is 2. The smallest absolute Gasteiger partial charge is 0.265 e. The standard InChI is InChI=1S/C22H21FN2O4S/c1-15-4-3-5-20(14-15)29-16(2)22(26)24-18-10-12-21(13-11-18)30(27,28)25-19-8-6-17(23)7-9-19/h3-14,16,25H,1-2H3,(H,24,26)/t16-/m0/s1. The summed E-state index contributed by atoms with van der Waals surface area (Å²) in [6.45, 7) is 3.56. The lowest BCUT2D eigenvalue weighted by Crippen LogP contribution is -2.30. The maximum atomic E-state index is 13.0. The summed E-state index contributed by atoms with van der Waals surface area (Å²) in [5.74, 6) is -0.235. The largest absolute Gasteiger partial charge is 0.481 e. The van der Waals surface area contributed by atoms with Crippen LogP contribution in [0.1, 0.15) is 12.5 Å². The first-order valence-electron chi connectivity index (χ1n) is 9.15. The van der Waals surface area contributed by atoms with Gasteiger partial charge in [-0.3, -0.25) is 9.52 Å². The van der Waals surface area contributed by atoms with Gasteiger partial charge >= 0.3 is 0 Å². The molecule has 6 nitrogen and oxygen atoms in total. The molecule has 0 saturated carbocycles. The van der Waals surface area contributed by atoms with Crippen LogP contribution in [0.5, 0.6) is 5.75 Å². The van der Waals surface area contributed by atoms with Crippen molar-refractivity contribution in [1.29, 1.82) is 0 Å². The van der Waals surface area contributed by atoms with Crippen LogP contribution in [-0.2, 0) is 14.8 Å². The van der Waals surface area contributed by atoms with Gasteiger partial charge in [-0.05, 0) is 80.1 Å². The van der Waals surface area contributed by atoms with Gasteiger partial charge in [0.2, 0.25) is 0 Å². The number of halogens is 1. The van der Waals surface area contributed by atoms with E-state index in [0.29, 0.717) is 11.4 Å². The number of nitrogens with one attached hydrogen (secondary N) is 2. The maximum absolute atomic E-state index is 13.0. The van der Waals surface area contributed by atoms with E-state index in [-0.39, 0.29) is 16.5 Å². The third kappa shape index (κ3) is 5.57. The molecule has 1 amide bonds. The zero-order valence-electron chi connectivity index (χ0n) is 16.4. The van der Waals surface area contributed by atoms with Crippen molar-refractivity contribution in [3.8, 4) is 5.75 Å². The molecule has 156 valence electrons. The van der Waals surface area contributed by atoms with Gasteiger partial charge in [0.25, 0.3) is 15.9 Å². The number of benzene rings is 3. The maximum Gasteiger partial charge on any atom is 0.265 e. The number of amides is 1. The molecule has 0 aliphatic rings. The lowest BCUT2D eigenvalue weighted by molar-refractivity contribution is -0.122. The Hall–Kier alpha value is -3.39. The number of rotatable bonds is 7. The molecule has 1 atom stereocenters. The van der Waals surface area contributed by atoms with E-state index < -0.39 is 21.9 Å². The number of sulfonamides is 1. The van der Waals surface area contributed by atoms with Gasteiger partial charge in [-0.2, -0.15) is 0 Å². The zero-order chi connectivity index (χ0) is 21.7. The molecule has 0 saturated heterocycles. The molecule has 3 rings (SSSR count). The Morgan fingerprint density at radius 3 is 2.23 bits per heavy atom. The minimum Gasteiger partial charge on any atom is -0.481 e. The Labute approximate surface area is 174 Å². The number of aryl methyl sites for hydroxylation is 1. The highest BCUT2D eigenvalue weighted by molar-refractivity contribution is 7.92. The molecule has 0 aliphatic heterocycles. The van der Waals surface area contributed by atoms with E-state index in [4.69, 9.17) is 4.74 Å². The summed E-state index contributed by atoms with van der Waals surface area (Å²) in [6, 6.07) is 18.1. The Morgan fingerprint density at radius 2 is 1.60 bits per heavy atom. The van der Waals surface area contributed by atoms with Gasteiger partial charge in [0.1, 0.15) is 11.6 Å². The molecule has 0 radical (unpaired) electrons. The summed E-state index contributed by atoms with van der Waals surface area (Å²) in [5, 5.41) is 2.69. The molecule has 3 aromatic carbocycles. The summed E-state index contributed by atoms with van der Waals surface area (Å²) >= 11 is 0. The summed E-state index contributed by atoms with van der Waals surface area (Å²) in [7, 11) is -3.84. The van der Waals surface area contributed by atoms with Crippen LogP contribution in [0.4, 0.5) is 15.8 Å². The fraction of sp³-hybridized carbons (Fsp3) is 0.136. The molecule has 0 aromatic heterocycles. The first-order valence-corrected chi connectivity index (χ1v) is 10.6. The van der Waals surface area contributed by atoms with Crippen molar-refractivity contribution in [3.05, 3.63) is 84.2 Å². The van der Waals surface area contributed by atoms with Crippen molar-refractivity contribution in [1.82, 2.24) is 0 Å². The van der Waals surface area contributed by atoms with Crippen LogP contribution >= 0.6 is 0 Å². The van der Waals surface area contributed by atoms with E-state index in [0.717, 1.165) is 17.7 Å². The second-order valence-corrected chi connectivity index (χ2v) is 8.39. The fourth-order valence-corrected chi connectivity index (χ4v) is 3.70. The second kappa shape index (κ2) is 8.96. The van der Waals surface area contributed by atoms with E-state index in [1.165, 1.54) is 36.4 Å². The van der Waals surface area contributed by atoms with Gasteiger partial charge in [-0.25, -0.2) is 12.8 Å². The molecule has 0 aliphatic carbocycles.